The molecule has 1 fully saturated rings. The average Bonchev–Trinajstić information content (AvgIpc) is 3.02. The SMILES string of the molecule is COc1ccc(N2C(=O)NC(=O)/C(=C\c3ccc(OCc4ccc(OCc5ccccc5)c(OC)c4)cc3)C2=O)cc1. The molecule has 5 rings (SSSR count). The molecule has 0 aliphatic carbocycles. The predicted molar refractivity (Wildman–Crippen MR) is 157 cm³/mol. The number of nitrogens with one attached hydrogen (secondary N) is 1. The van der Waals surface area contributed by atoms with Crippen LogP contribution in [0, 0.1) is 0 Å². The highest BCUT2D eigenvalue weighted by Gasteiger charge is 2.36. The van der Waals surface area contributed by atoms with Crippen LogP contribution in [0.4, 0.5) is 10.5 Å². The number of urea groups is 1. The van der Waals surface area contributed by atoms with Crippen LogP contribution in [0.1, 0.15) is 16.7 Å². The van der Waals surface area contributed by atoms with Crippen LogP contribution in [-0.4, -0.2) is 32.1 Å². The number of hydrogen-bond donors (Lipinski definition) is 1. The van der Waals surface area contributed by atoms with Gasteiger partial charge in [-0.1, -0.05) is 48.5 Å². The minimum Gasteiger partial charge on any atom is -0.497 e. The average molecular weight is 565 g/mol. The number of rotatable bonds is 10. The van der Waals surface area contributed by atoms with Gasteiger partial charge in [-0.15, -0.1) is 0 Å². The van der Waals surface area contributed by atoms with Gasteiger partial charge in [-0.25, -0.2) is 9.69 Å². The lowest BCUT2D eigenvalue weighted by Crippen LogP contribution is -2.54. The maximum absolute atomic E-state index is 13.1. The normalized spacial score (nSPS) is 14.0. The van der Waals surface area contributed by atoms with Gasteiger partial charge in [0.25, 0.3) is 11.8 Å². The number of ether oxygens (including phenoxy) is 4. The Morgan fingerprint density at radius 3 is 2.07 bits per heavy atom. The van der Waals surface area contributed by atoms with Crippen molar-refractivity contribution in [2.24, 2.45) is 0 Å². The molecule has 1 heterocycles. The molecule has 0 bridgehead atoms. The summed E-state index contributed by atoms with van der Waals surface area (Å²) >= 11 is 0. The molecule has 4 aromatic carbocycles. The first kappa shape index (κ1) is 28.0. The third kappa shape index (κ3) is 6.42. The fourth-order valence-electron chi connectivity index (χ4n) is 4.27. The van der Waals surface area contributed by atoms with E-state index in [2.05, 4.69) is 5.32 Å². The maximum atomic E-state index is 13.1. The van der Waals surface area contributed by atoms with E-state index in [-0.39, 0.29) is 12.2 Å². The molecule has 0 spiro atoms. The van der Waals surface area contributed by atoms with E-state index in [0.29, 0.717) is 40.9 Å². The number of anilines is 1. The smallest absolute Gasteiger partial charge is 0.335 e. The summed E-state index contributed by atoms with van der Waals surface area (Å²) in [6.07, 6.45) is 1.43. The van der Waals surface area contributed by atoms with Gasteiger partial charge in [-0.05, 0) is 71.3 Å². The lowest BCUT2D eigenvalue weighted by molar-refractivity contribution is -0.122. The number of benzene rings is 4. The molecule has 0 unspecified atom stereocenters. The largest absolute Gasteiger partial charge is 0.497 e. The van der Waals surface area contributed by atoms with E-state index in [1.54, 1.807) is 55.6 Å². The molecule has 4 amide bonds. The van der Waals surface area contributed by atoms with Crippen LogP contribution in [-0.2, 0) is 22.8 Å². The number of nitrogens with zero attached hydrogens (tertiary/aromatic N) is 1. The summed E-state index contributed by atoms with van der Waals surface area (Å²) in [6.45, 7) is 0.716. The Morgan fingerprint density at radius 1 is 0.690 bits per heavy atom. The first-order chi connectivity index (χ1) is 20.4. The van der Waals surface area contributed by atoms with Gasteiger partial charge in [0.2, 0.25) is 0 Å². The van der Waals surface area contributed by atoms with Crippen LogP contribution in [0.15, 0.2) is 103 Å². The van der Waals surface area contributed by atoms with Gasteiger partial charge < -0.3 is 18.9 Å². The number of carbonyl (C=O) groups excluding carboxylic acids is 3. The van der Waals surface area contributed by atoms with Gasteiger partial charge in [0.05, 0.1) is 19.9 Å². The number of methoxy groups -OCH3 is 2. The fourth-order valence-corrected chi connectivity index (χ4v) is 4.27. The van der Waals surface area contributed by atoms with Crippen molar-refractivity contribution in [1.82, 2.24) is 5.32 Å². The van der Waals surface area contributed by atoms with Crippen molar-refractivity contribution in [1.29, 1.82) is 0 Å². The Labute approximate surface area is 242 Å². The van der Waals surface area contributed by atoms with Crippen LogP contribution in [0.25, 0.3) is 6.08 Å². The van der Waals surface area contributed by atoms with Crippen molar-refractivity contribution >= 4 is 29.6 Å². The summed E-state index contributed by atoms with van der Waals surface area (Å²) in [5, 5.41) is 2.22. The summed E-state index contributed by atoms with van der Waals surface area (Å²) in [7, 11) is 3.10. The van der Waals surface area contributed by atoms with Crippen molar-refractivity contribution in [3.8, 4) is 23.0 Å². The Balaban J connectivity index is 1.23. The highest BCUT2D eigenvalue weighted by Crippen LogP contribution is 2.30. The molecule has 9 nitrogen and oxygen atoms in total. The summed E-state index contributed by atoms with van der Waals surface area (Å²) in [5.74, 6) is 0.916. The zero-order chi connectivity index (χ0) is 29.5. The Bertz CT molecular complexity index is 1610. The number of hydrogen-bond acceptors (Lipinski definition) is 7. The Kier molecular flexibility index (Phi) is 8.48. The van der Waals surface area contributed by atoms with Crippen molar-refractivity contribution in [3.05, 3.63) is 119 Å². The van der Waals surface area contributed by atoms with Gasteiger partial charge in [-0.2, -0.15) is 0 Å². The molecule has 4 aromatic rings. The topological polar surface area (TPSA) is 103 Å². The van der Waals surface area contributed by atoms with Crippen molar-refractivity contribution in [2.75, 3.05) is 19.1 Å². The molecular formula is C33H28N2O7. The van der Waals surface area contributed by atoms with E-state index in [0.717, 1.165) is 16.0 Å². The third-order valence-electron chi connectivity index (χ3n) is 6.49. The molecule has 1 N–H and O–H groups in total. The van der Waals surface area contributed by atoms with E-state index >= 15 is 0 Å². The molecule has 42 heavy (non-hydrogen) atoms. The second-order valence-corrected chi connectivity index (χ2v) is 9.27. The molecule has 0 aromatic heterocycles. The van der Waals surface area contributed by atoms with Crippen LogP contribution < -0.4 is 29.2 Å². The molecule has 0 radical (unpaired) electrons. The van der Waals surface area contributed by atoms with Crippen molar-refractivity contribution < 1.29 is 33.3 Å². The van der Waals surface area contributed by atoms with Gasteiger partial charge in [-0.3, -0.25) is 14.9 Å². The summed E-state index contributed by atoms with van der Waals surface area (Å²) in [6, 6.07) is 28.0. The number of amides is 4. The van der Waals surface area contributed by atoms with Crippen molar-refractivity contribution in [3.63, 3.8) is 0 Å². The number of barbiturate groups is 1. The van der Waals surface area contributed by atoms with Crippen LogP contribution in [0.2, 0.25) is 0 Å². The molecule has 9 heteroatoms. The van der Waals surface area contributed by atoms with Gasteiger partial charge in [0.1, 0.15) is 30.3 Å². The highest BCUT2D eigenvalue weighted by molar-refractivity contribution is 6.39. The Morgan fingerprint density at radius 2 is 1.38 bits per heavy atom. The zero-order valence-electron chi connectivity index (χ0n) is 23.0. The second kappa shape index (κ2) is 12.7. The quantitative estimate of drug-likeness (QED) is 0.200. The molecule has 1 aliphatic heterocycles. The third-order valence-corrected chi connectivity index (χ3v) is 6.49. The predicted octanol–water partition coefficient (Wildman–Crippen LogP) is 5.53. The first-order valence-corrected chi connectivity index (χ1v) is 13.1. The van der Waals surface area contributed by atoms with Gasteiger partial charge in [0.15, 0.2) is 11.5 Å². The fraction of sp³-hybridized carbons (Fsp3) is 0.121. The lowest BCUT2D eigenvalue weighted by Gasteiger charge is -2.26. The Hall–Kier alpha value is -5.57. The molecular weight excluding hydrogens is 536 g/mol. The zero-order valence-corrected chi connectivity index (χ0v) is 23.0. The second-order valence-electron chi connectivity index (χ2n) is 9.27. The summed E-state index contributed by atoms with van der Waals surface area (Å²) in [5.41, 5.74) is 2.68. The molecule has 1 aliphatic rings. The van der Waals surface area contributed by atoms with Gasteiger partial charge in [0, 0.05) is 0 Å². The minimum absolute atomic E-state index is 0.166. The highest BCUT2D eigenvalue weighted by atomic mass is 16.5. The van der Waals surface area contributed by atoms with Crippen LogP contribution in [0.3, 0.4) is 0 Å². The maximum Gasteiger partial charge on any atom is 0.335 e. The summed E-state index contributed by atoms with van der Waals surface area (Å²) in [4.78, 5) is 39.0. The van der Waals surface area contributed by atoms with E-state index < -0.39 is 17.8 Å². The molecule has 1 saturated heterocycles. The van der Waals surface area contributed by atoms with Crippen LogP contribution in [0.5, 0.6) is 23.0 Å². The summed E-state index contributed by atoms with van der Waals surface area (Å²) < 4.78 is 22.5. The lowest BCUT2D eigenvalue weighted by atomic mass is 10.1. The monoisotopic (exact) mass is 564 g/mol. The van der Waals surface area contributed by atoms with E-state index in [1.165, 1.54) is 13.2 Å². The van der Waals surface area contributed by atoms with E-state index in [9.17, 15) is 14.4 Å². The van der Waals surface area contributed by atoms with Gasteiger partial charge >= 0.3 is 6.03 Å². The van der Waals surface area contributed by atoms with Crippen LogP contribution >= 0.6 is 0 Å². The van der Waals surface area contributed by atoms with Crippen molar-refractivity contribution in [2.45, 2.75) is 13.2 Å². The molecule has 212 valence electrons. The minimum atomic E-state index is -0.816. The van der Waals surface area contributed by atoms with E-state index in [4.69, 9.17) is 18.9 Å². The number of imide groups is 2. The van der Waals surface area contributed by atoms with E-state index in [1.807, 2.05) is 48.5 Å². The number of carbonyl (C=O) groups is 3. The molecule has 0 atom stereocenters. The standard InChI is InChI=1S/C33H28N2O7/c1-39-26-15-11-25(12-16-26)35-32(37)28(31(36)34-33(35)38)18-22-8-13-27(14-9-22)41-21-24-10-17-29(30(19-24)40-2)42-20-23-6-4-3-5-7-23/h3-19H,20-21H2,1-2H3,(H,34,36,38)/b28-18+. The molecule has 0 saturated carbocycles. The first-order valence-electron chi connectivity index (χ1n) is 13.1.